The summed E-state index contributed by atoms with van der Waals surface area (Å²) in [5.74, 6) is 0.619. The molecule has 0 heterocycles. The minimum Gasteiger partial charge on any atom is -0.483 e. The lowest BCUT2D eigenvalue weighted by atomic mass is 10.0. The molecule has 0 spiro atoms. The van der Waals surface area contributed by atoms with Crippen molar-refractivity contribution >= 4 is 40.5 Å². The number of ether oxygens (including phenoxy) is 1. The number of amides is 2. The smallest absolute Gasteiger partial charge is 0.264 e. The van der Waals surface area contributed by atoms with E-state index >= 15 is 0 Å². The number of carbonyl (C=O) groups excluding carboxylic acids is 2. The Morgan fingerprint density at radius 3 is 2.42 bits per heavy atom. The molecule has 3 N–H and O–H groups in total. The molecule has 2 aromatic carbocycles. The van der Waals surface area contributed by atoms with E-state index in [1.165, 1.54) is 0 Å². The number of anilines is 2. The summed E-state index contributed by atoms with van der Waals surface area (Å²) in [5, 5.41) is 8.60. The van der Waals surface area contributed by atoms with Crippen LogP contribution >= 0.6 is 12.2 Å². The van der Waals surface area contributed by atoms with Crippen LogP contribution < -0.4 is 20.7 Å². The van der Waals surface area contributed by atoms with Crippen molar-refractivity contribution in [3.8, 4) is 5.75 Å². The molecule has 0 aliphatic carbocycles. The molecule has 0 fully saturated rings. The van der Waals surface area contributed by atoms with Crippen molar-refractivity contribution in [3.05, 3.63) is 53.6 Å². The highest BCUT2D eigenvalue weighted by Gasteiger charge is 2.11. The highest BCUT2D eigenvalue weighted by atomic mass is 32.1. The number of carbonyl (C=O) groups is 2. The van der Waals surface area contributed by atoms with Crippen LogP contribution in [0.3, 0.4) is 0 Å². The highest BCUT2D eigenvalue weighted by Crippen LogP contribution is 2.27. The van der Waals surface area contributed by atoms with Crippen LogP contribution in [0.15, 0.2) is 42.5 Å². The van der Waals surface area contributed by atoms with Crippen molar-refractivity contribution in [1.82, 2.24) is 5.32 Å². The maximum absolute atomic E-state index is 12.3. The van der Waals surface area contributed by atoms with Gasteiger partial charge in [0.05, 0.1) is 0 Å². The summed E-state index contributed by atoms with van der Waals surface area (Å²) in [7, 11) is 0. The fourth-order valence-electron chi connectivity index (χ4n) is 2.95. The molecule has 0 saturated heterocycles. The normalized spacial score (nSPS) is 10.5. The fraction of sp³-hybridized carbons (Fsp3) is 0.375. The van der Waals surface area contributed by atoms with Crippen LogP contribution in [-0.4, -0.2) is 23.5 Å². The van der Waals surface area contributed by atoms with Crippen molar-refractivity contribution in [1.29, 1.82) is 0 Å². The number of benzene rings is 2. The monoisotopic (exact) mass is 441 g/mol. The molecule has 166 valence electrons. The first-order valence-corrected chi connectivity index (χ1v) is 10.9. The largest absolute Gasteiger partial charge is 0.483 e. The molecule has 0 radical (unpaired) electrons. The molecule has 0 saturated carbocycles. The number of hydrogen-bond donors (Lipinski definition) is 3. The van der Waals surface area contributed by atoms with Gasteiger partial charge in [0.25, 0.3) is 5.91 Å². The quantitative estimate of drug-likeness (QED) is 0.470. The fourth-order valence-corrected chi connectivity index (χ4v) is 3.18. The van der Waals surface area contributed by atoms with E-state index in [0.29, 0.717) is 23.5 Å². The zero-order valence-corrected chi connectivity index (χ0v) is 19.4. The van der Waals surface area contributed by atoms with E-state index in [0.717, 1.165) is 24.0 Å². The maximum Gasteiger partial charge on any atom is 0.264 e. The van der Waals surface area contributed by atoms with Gasteiger partial charge in [0.1, 0.15) is 5.75 Å². The average molecular weight is 442 g/mol. The van der Waals surface area contributed by atoms with E-state index in [1.54, 1.807) is 24.3 Å². The third-order valence-electron chi connectivity index (χ3n) is 4.56. The Balaban J connectivity index is 1.87. The van der Waals surface area contributed by atoms with E-state index in [-0.39, 0.29) is 29.5 Å². The zero-order chi connectivity index (χ0) is 22.8. The van der Waals surface area contributed by atoms with E-state index in [4.69, 9.17) is 17.0 Å². The second-order valence-corrected chi connectivity index (χ2v) is 8.13. The van der Waals surface area contributed by atoms with Gasteiger partial charge < -0.3 is 15.4 Å². The third kappa shape index (κ3) is 8.38. The molecule has 2 amide bonds. The van der Waals surface area contributed by atoms with Crippen molar-refractivity contribution in [2.75, 3.05) is 17.2 Å². The molecule has 0 aliphatic heterocycles. The molecule has 0 aliphatic rings. The molecular formula is C24H31N3O3S. The number of rotatable bonds is 9. The average Bonchev–Trinajstić information content (AvgIpc) is 2.70. The first-order chi connectivity index (χ1) is 14.8. The van der Waals surface area contributed by atoms with Gasteiger partial charge >= 0.3 is 0 Å². The van der Waals surface area contributed by atoms with Gasteiger partial charge in [-0.25, -0.2) is 0 Å². The van der Waals surface area contributed by atoms with Gasteiger partial charge in [-0.05, 0) is 66.9 Å². The van der Waals surface area contributed by atoms with Gasteiger partial charge in [0, 0.05) is 17.8 Å². The standard InChI is InChI=1S/C24H31N3O3S/c1-5-6-10-22(28)25-18-8-7-9-19(14-18)26-24(31)27-23(29)15-30-21-13-17(4)11-12-20(21)16(2)3/h7-9,11-14,16H,5-6,10,15H2,1-4H3,(H,25,28)(H2,26,27,29,31). The van der Waals surface area contributed by atoms with E-state index in [1.807, 2.05) is 32.0 Å². The van der Waals surface area contributed by atoms with Crippen molar-refractivity contribution in [2.45, 2.75) is 52.9 Å². The number of unbranched alkanes of at least 4 members (excludes halogenated alkanes) is 1. The van der Waals surface area contributed by atoms with Crippen LogP contribution in [0.25, 0.3) is 0 Å². The lowest BCUT2D eigenvalue weighted by Crippen LogP contribution is -2.37. The van der Waals surface area contributed by atoms with E-state index in [2.05, 4.69) is 29.8 Å². The summed E-state index contributed by atoms with van der Waals surface area (Å²) < 4.78 is 5.74. The molecule has 2 aromatic rings. The first kappa shape index (κ1) is 24.3. The Kier molecular flexibility index (Phi) is 9.46. The molecule has 0 bridgehead atoms. The molecule has 31 heavy (non-hydrogen) atoms. The SMILES string of the molecule is CCCCC(=O)Nc1cccc(NC(=S)NC(=O)COc2cc(C)ccc2C(C)C)c1. The summed E-state index contributed by atoms with van der Waals surface area (Å²) >= 11 is 5.23. The van der Waals surface area contributed by atoms with Crippen LogP contribution in [0.1, 0.15) is 57.1 Å². The lowest BCUT2D eigenvalue weighted by molar-refractivity contribution is -0.121. The summed E-state index contributed by atoms with van der Waals surface area (Å²) in [6.07, 6.45) is 2.31. The number of aryl methyl sites for hydroxylation is 1. The predicted molar refractivity (Wildman–Crippen MR) is 130 cm³/mol. The van der Waals surface area contributed by atoms with Crippen molar-refractivity contribution < 1.29 is 14.3 Å². The van der Waals surface area contributed by atoms with Crippen molar-refractivity contribution in [2.24, 2.45) is 0 Å². The van der Waals surface area contributed by atoms with Crippen molar-refractivity contribution in [3.63, 3.8) is 0 Å². The Hall–Kier alpha value is -2.93. The minimum absolute atomic E-state index is 0.0241. The summed E-state index contributed by atoms with van der Waals surface area (Å²) in [4.78, 5) is 24.2. The topological polar surface area (TPSA) is 79.5 Å². The van der Waals surface area contributed by atoms with Crippen LogP contribution in [0.5, 0.6) is 5.75 Å². The second kappa shape index (κ2) is 12.1. The predicted octanol–water partition coefficient (Wildman–Crippen LogP) is 5.14. The maximum atomic E-state index is 12.3. The van der Waals surface area contributed by atoms with Crippen LogP contribution in [-0.2, 0) is 9.59 Å². The van der Waals surface area contributed by atoms with Crippen LogP contribution in [0.4, 0.5) is 11.4 Å². The Morgan fingerprint density at radius 2 is 1.74 bits per heavy atom. The first-order valence-electron chi connectivity index (χ1n) is 10.5. The highest BCUT2D eigenvalue weighted by molar-refractivity contribution is 7.80. The van der Waals surface area contributed by atoms with Crippen LogP contribution in [0, 0.1) is 6.92 Å². The summed E-state index contributed by atoms with van der Waals surface area (Å²) in [5.41, 5.74) is 3.46. The third-order valence-corrected chi connectivity index (χ3v) is 4.77. The summed E-state index contributed by atoms with van der Waals surface area (Å²) in [6, 6.07) is 13.2. The molecular weight excluding hydrogens is 410 g/mol. The second-order valence-electron chi connectivity index (χ2n) is 7.72. The number of nitrogens with one attached hydrogen (secondary N) is 3. The molecule has 0 atom stereocenters. The Bertz CT molecular complexity index is 928. The molecule has 0 unspecified atom stereocenters. The number of thiocarbonyl (C=S) groups is 1. The van der Waals surface area contributed by atoms with Crippen LogP contribution in [0.2, 0.25) is 0 Å². The van der Waals surface area contributed by atoms with Gasteiger partial charge in [-0.15, -0.1) is 0 Å². The van der Waals surface area contributed by atoms with Gasteiger partial charge in [0.2, 0.25) is 5.91 Å². The number of hydrogen-bond acceptors (Lipinski definition) is 4. The lowest BCUT2D eigenvalue weighted by Gasteiger charge is -2.15. The van der Waals surface area contributed by atoms with Gasteiger partial charge in [-0.1, -0.05) is 45.4 Å². The minimum atomic E-state index is -0.349. The van der Waals surface area contributed by atoms with Gasteiger partial charge in [0.15, 0.2) is 11.7 Å². The molecule has 6 nitrogen and oxygen atoms in total. The Labute approximate surface area is 189 Å². The van der Waals surface area contributed by atoms with E-state index in [9.17, 15) is 9.59 Å². The summed E-state index contributed by atoms with van der Waals surface area (Å²) in [6.45, 7) is 8.05. The van der Waals surface area contributed by atoms with Gasteiger partial charge in [-0.3, -0.25) is 14.9 Å². The zero-order valence-electron chi connectivity index (χ0n) is 18.6. The molecule has 0 aromatic heterocycles. The molecule has 7 heteroatoms. The molecule has 2 rings (SSSR count). The van der Waals surface area contributed by atoms with E-state index < -0.39 is 0 Å². The van der Waals surface area contributed by atoms with Gasteiger partial charge in [-0.2, -0.15) is 0 Å². The Morgan fingerprint density at radius 1 is 1.03 bits per heavy atom.